The number of allylic oxidation sites excluding steroid dienone is 2. The van der Waals surface area contributed by atoms with Crippen molar-refractivity contribution in [2.24, 2.45) is 0 Å². The minimum atomic E-state index is -0.918. The van der Waals surface area contributed by atoms with Gasteiger partial charge in [0.2, 0.25) is 0 Å². The Kier molecular flexibility index (Phi) is 7.80. The molecule has 1 aliphatic rings. The fraction of sp³-hybridized carbons (Fsp3) is 0.280. The van der Waals surface area contributed by atoms with E-state index in [0.717, 1.165) is 5.56 Å². The summed E-state index contributed by atoms with van der Waals surface area (Å²) in [5.41, 5.74) is 2.37. The average Bonchev–Trinajstić information content (AvgIpc) is 2.84. The quantitative estimate of drug-likeness (QED) is 0.353. The first-order valence-corrected chi connectivity index (χ1v) is 10.5. The van der Waals surface area contributed by atoms with E-state index in [1.807, 2.05) is 30.3 Å². The van der Waals surface area contributed by atoms with Crippen LogP contribution in [0.2, 0.25) is 0 Å². The lowest BCUT2D eigenvalue weighted by Crippen LogP contribution is -2.32. The first-order valence-electron chi connectivity index (χ1n) is 10.5. The van der Waals surface area contributed by atoms with Crippen LogP contribution in [0.25, 0.3) is 0 Å². The van der Waals surface area contributed by atoms with Crippen LogP contribution in [0.4, 0.5) is 5.69 Å². The van der Waals surface area contributed by atoms with Gasteiger partial charge in [-0.3, -0.25) is 10.1 Å². The number of hydrogen-bond donors (Lipinski definition) is 1. The Morgan fingerprint density at radius 2 is 1.65 bits per heavy atom. The number of nitro benzene ring substituents is 1. The third kappa shape index (κ3) is 5.15. The second-order valence-electron chi connectivity index (χ2n) is 7.71. The van der Waals surface area contributed by atoms with Gasteiger partial charge in [-0.25, -0.2) is 9.59 Å². The predicted octanol–water partition coefficient (Wildman–Crippen LogP) is 3.93. The monoisotopic (exact) mass is 466 g/mol. The maximum Gasteiger partial charge on any atom is 0.336 e. The number of nitrogens with one attached hydrogen (secondary N) is 1. The maximum absolute atomic E-state index is 13.3. The maximum atomic E-state index is 13.3. The number of hydrogen-bond acceptors (Lipinski definition) is 8. The lowest BCUT2D eigenvalue weighted by Gasteiger charge is -2.30. The Hall–Kier alpha value is -3.98. The normalized spacial score (nSPS) is 16.5. The van der Waals surface area contributed by atoms with E-state index in [9.17, 15) is 19.7 Å². The molecule has 0 fully saturated rings. The van der Waals surface area contributed by atoms with Gasteiger partial charge in [-0.15, -0.1) is 0 Å². The molecule has 2 unspecified atom stereocenters. The number of methoxy groups -OCH3 is 2. The van der Waals surface area contributed by atoms with Gasteiger partial charge in [-0.05, 0) is 25.0 Å². The molecular formula is C25H26N2O7. The number of nitrogens with zero attached hydrogens (tertiary/aromatic N) is 1. The minimum Gasteiger partial charge on any atom is -0.466 e. The molecule has 3 rings (SSSR count). The van der Waals surface area contributed by atoms with Gasteiger partial charge in [-0.1, -0.05) is 42.5 Å². The number of nitro groups is 1. The molecule has 0 radical (unpaired) electrons. The summed E-state index contributed by atoms with van der Waals surface area (Å²) >= 11 is 0. The lowest BCUT2D eigenvalue weighted by atomic mass is 9.80. The van der Waals surface area contributed by atoms with E-state index >= 15 is 0 Å². The Balaban J connectivity index is 2.00. The lowest BCUT2D eigenvalue weighted by molar-refractivity contribution is -0.384. The van der Waals surface area contributed by atoms with Crippen molar-refractivity contribution in [1.82, 2.24) is 5.32 Å². The number of benzene rings is 2. The van der Waals surface area contributed by atoms with Crippen LogP contribution in [0.1, 0.15) is 37.0 Å². The van der Waals surface area contributed by atoms with Gasteiger partial charge in [0.1, 0.15) is 12.7 Å². The molecule has 0 spiro atoms. The molecule has 0 bridgehead atoms. The van der Waals surface area contributed by atoms with Gasteiger partial charge in [-0.2, -0.15) is 0 Å². The van der Waals surface area contributed by atoms with Gasteiger partial charge >= 0.3 is 11.9 Å². The predicted molar refractivity (Wildman–Crippen MR) is 124 cm³/mol. The van der Waals surface area contributed by atoms with Crippen LogP contribution in [0.3, 0.4) is 0 Å². The summed E-state index contributed by atoms with van der Waals surface area (Å²) in [7, 11) is 2.75. The van der Waals surface area contributed by atoms with Gasteiger partial charge < -0.3 is 19.5 Å². The largest absolute Gasteiger partial charge is 0.466 e. The summed E-state index contributed by atoms with van der Waals surface area (Å²) in [5.74, 6) is -2.24. The third-order valence-electron chi connectivity index (χ3n) is 5.62. The van der Waals surface area contributed by atoms with Crippen molar-refractivity contribution < 1.29 is 28.7 Å². The number of esters is 2. The third-order valence-corrected chi connectivity index (χ3v) is 5.62. The van der Waals surface area contributed by atoms with E-state index in [4.69, 9.17) is 14.2 Å². The average molecular weight is 466 g/mol. The highest BCUT2D eigenvalue weighted by Gasteiger charge is 2.38. The summed E-state index contributed by atoms with van der Waals surface area (Å²) in [6.07, 6.45) is -0.490. The van der Waals surface area contributed by atoms with Crippen LogP contribution in [-0.4, -0.2) is 37.7 Å². The zero-order valence-corrected chi connectivity index (χ0v) is 19.4. The van der Waals surface area contributed by atoms with E-state index in [1.54, 1.807) is 19.9 Å². The van der Waals surface area contributed by atoms with Crippen molar-refractivity contribution in [1.29, 1.82) is 0 Å². The second-order valence-corrected chi connectivity index (χ2v) is 7.71. The van der Waals surface area contributed by atoms with Crippen molar-refractivity contribution in [3.63, 3.8) is 0 Å². The van der Waals surface area contributed by atoms with E-state index in [0.29, 0.717) is 17.0 Å². The van der Waals surface area contributed by atoms with Crippen molar-refractivity contribution >= 4 is 17.6 Å². The van der Waals surface area contributed by atoms with Gasteiger partial charge in [0.05, 0.1) is 29.1 Å². The van der Waals surface area contributed by atoms with Crippen LogP contribution in [0.15, 0.2) is 77.1 Å². The Morgan fingerprint density at radius 1 is 1.00 bits per heavy atom. The Morgan fingerprint density at radius 3 is 2.24 bits per heavy atom. The number of rotatable bonds is 8. The molecule has 34 heavy (non-hydrogen) atoms. The number of carbonyl (C=O) groups is 2. The molecule has 0 aliphatic carbocycles. The second kappa shape index (κ2) is 10.8. The van der Waals surface area contributed by atoms with Crippen LogP contribution in [-0.2, 0) is 23.8 Å². The molecule has 0 aromatic heterocycles. The molecule has 0 saturated heterocycles. The number of dihydropyridines is 1. The van der Waals surface area contributed by atoms with Crippen molar-refractivity contribution in [3.05, 3.63) is 98.4 Å². The highest BCUT2D eigenvalue weighted by molar-refractivity contribution is 5.99. The van der Waals surface area contributed by atoms with Gasteiger partial charge in [0.25, 0.3) is 5.69 Å². The molecule has 1 heterocycles. The van der Waals surface area contributed by atoms with Gasteiger partial charge in [0.15, 0.2) is 0 Å². The molecular weight excluding hydrogens is 440 g/mol. The highest BCUT2D eigenvalue weighted by atomic mass is 16.6. The minimum absolute atomic E-state index is 0.0615. The summed E-state index contributed by atoms with van der Waals surface area (Å²) in [4.78, 5) is 36.9. The van der Waals surface area contributed by atoms with Crippen molar-refractivity contribution in [2.45, 2.75) is 25.9 Å². The highest BCUT2D eigenvalue weighted by Crippen LogP contribution is 2.40. The molecule has 0 saturated carbocycles. The molecule has 9 heteroatoms. The van der Waals surface area contributed by atoms with E-state index in [1.165, 1.54) is 32.4 Å². The van der Waals surface area contributed by atoms with Crippen molar-refractivity contribution in [3.8, 4) is 0 Å². The van der Waals surface area contributed by atoms with Gasteiger partial charge in [0, 0.05) is 30.6 Å². The first kappa shape index (κ1) is 24.7. The summed E-state index contributed by atoms with van der Waals surface area (Å²) in [6, 6.07) is 15.1. The molecule has 2 aromatic carbocycles. The Bertz CT molecular complexity index is 1150. The molecule has 178 valence electrons. The SMILES string of the molecule is COC(=O)C1=C(C)NC(C)=C(C(=O)OCC(OC)c2ccccc2)C1c1cccc([N+](=O)[O-])c1. The number of ether oxygens (including phenoxy) is 3. The van der Waals surface area contributed by atoms with Crippen molar-refractivity contribution in [2.75, 3.05) is 20.8 Å². The molecule has 9 nitrogen and oxygen atoms in total. The van der Waals surface area contributed by atoms with Crippen LogP contribution >= 0.6 is 0 Å². The zero-order chi connectivity index (χ0) is 24.8. The summed E-state index contributed by atoms with van der Waals surface area (Å²) in [5, 5.41) is 14.4. The standard InChI is InChI=1S/C25H26N2O7/c1-15-21(24(28)33-4)23(18-11-8-12-19(13-18)27(30)31)22(16(2)26-15)25(29)34-14-20(32-3)17-9-6-5-7-10-17/h5-13,20,23,26H,14H2,1-4H3. The van der Waals surface area contributed by atoms with Crippen LogP contribution in [0.5, 0.6) is 0 Å². The van der Waals surface area contributed by atoms with E-state index in [2.05, 4.69) is 5.32 Å². The number of carbonyl (C=O) groups excluding carboxylic acids is 2. The summed E-state index contributed by atoms with van der Waals surface area (Å²) in [6.45, 7) is 3.30. The molecule has 2 atom stereocenters. The van der Waals surface area contributed by atoms with E-state index in [-0.39, 0.29) is 23.4 Å². The van der Waals surface area contributed by atoms with E-state index < -0.39 is 28.9 Å². The summed E-state index contributed by atoms with van der Waals surface area (Å²) < 4.78 is 16.1. The number of non-ortho nitro benzene ring substituents is 1. The zero-order valence-electron chi connectivity index (χ0n) is 19.4. The smallest absolute Gasteiger partial charge is 0.336 e. The first-order chi connectivity index (χ1) is 16.3. The van der Waals surface area contributed by atoms with Crippen LogP contribution < -0.4 is 5.32 Å². The topological polar surface area (TPSA) is 117 Å². The molecule has 1 N–H and O–H groups in total. The fourth-order valence-electron chi connectivity index (χ4n) is 3.99. The molecule has 0 amide bonds. The van der Waals surface area contributed by atoms with Crippen LogP contribution in [0, 0.1) is 10.1 Å². The Labute approximate surface area is 197 Å². The molecule has 2 aromatic rings. The fourth-order valence-corrected chi connectivity index (χ4v) is 3.99. The molecule has 1 aliphatic heterocycles.